The molecule has 0 bridgehead atoms. The number of thiophene rings is 1. The maximum Gasteiger partial charge on any atom is 0.329 e. The SMILES string of the molecule is CC(C)[C@@H](NC(=O)c1cccs1)C(=O)OCCOc1ccc(F)cc1. The lowest BCUT2D eigenvalue weighted by Gasteiger charge is -2.20. The zero-order valence-corrected chi connectivity index (χ0v) is 14.8. The van der Waals surface area contributed by atoms with Crippen molar-refractivity contribution in [1.82, 2.24) is 5.32 Å². The Morgan fingerprint density at radius 1 is 1.16 bits per heavy atom. The standard InChI is InChI=1S/C18H20FNO4S/c1-12(2)16(20-17(21)15-4-3-11-25-15)18(22)24-10-9-23-14-7-5-13(19)6-8-14/h3-8,11-12,16H,9-10H2,1-2H3,(H,20,21)/t16-/m1/s1. The number of rotatable bonds is 8. The molecule has 1 atom stereocenters. The topological polar surface area (TPSA) is 64.6 Å². The summed E-state index contributed by atoms with van der Waals surface area (Å²) in [6.07, 6.45) is 0. The molecule has 2 rings (SSSR count). The van der Waals surface area contributed by atoms with Gasteiger partial charge in [0.1, 0.15) is 30.8 Å². The van der Waals surface area contributed by atoms with Crippen molar-refractivity contribution in [2.24, 2.45) is 5.92 Å². The Morgan fingerprint density at radius 3 is 2.48 bits per heavy atom. The maximum atomic E-state index is 12.8. The fraction of sp³-hybridized carbons (Fsp3) is 0.333. The largest absolute Gasteiger partial charge is 0.490 e. The third-order valence-electron chi connectivity index (χ3n) is 3.36. The molecule has 0 aliphatic rings. The van der Waals surface area contributed by atoms with Gasteiger partial charge in [0, 0.05) is 0 Å². The van der Waals surface area contributed by atoms with Crippen LogP contribution in [0.5, 0.6) is 5.75 Å². The number of hydrogen-bond acceptors (Lipinski definition) is 5. The van der Waals surface area contributed by atoms with Crippen molar-refractivity contribution in [1.29, 1.82) is 0 Å². The van der Waals surface area contributed by atoms with Crippen molar-refractivity contribution < 1.29 is 23.5 Å². The molecule has 2 aromatic rings. The quantitative estimate of drug-likeness (QED) is 0.576. The number of amides is 1. The van der Waals surface area contributed by atoms with Crippen LogP contribution in [0.25, 0.3) is 0 Å². The first-order valence-electron chi connectivity index (χ1n) is 7.86. The Balaban J connectivity index is 1.79. The Labute approximate surface area is 149 Å². The third-order valence-corrected chi connectivity index (χ3v) is 4.23. The molecular formula is C18H20FNO4S. The van der Waals surface area contributed by atoms with Crippen LogP contribution < -0.4 is 10.1 Å². The number of hydrogen-bond donors (Lipinski definition) is 1. The van der Waals surface area contributed by atoms with E-state index in [1.807, 2.05) is 13.8 Å². The summed E-state index contributed by atoms with van der Waals surface area (Å²) < 4.78 is 23.3. The van der Waals surface area contributed by atoms with Crippen molar-refractivity contribution in [2.45, 2.75) is 19.9 Å². The summed E-state index contributed by atoms with van der Waals surface area (Å²) in [6, 6.07) is 8.30. The highest BCUT2D eigenvalue weighted by atomic mass is 32.1. The molecule has 25 heavy (non-hydrogen) atoms. The van der Waals surface area contributed by atoms with Crippen LogP contribution in [0.2, 0.25) is 0 Å². The van der Waals surface area contributed by atoms with Crippen LogP contribution in [0.1, 0.15) is 23.5 Å². The first kappa shape index (κ1) is 18.9. The smallest absolute Gasteiger partial charge is 0.329 e. The van der Waals surface area contributed by atoms with Gasteiger partial charge in [-0.05, 0) is 41.6 Å². The molecule has 0 radical (unpaired) electrons. The van der Waals surface area contributed by atoms with Crippen LogP contribution >= 0.6 is 11.3 Å². The predicted molar refractivity (Wildman–Crippen MR) is 93.3 cm³/mol. The van der Waals surface area contributed by atoms with Crippen LogP contribution in [-0.4, -0.2) is 31.1 Å². The molecule has 0 aliphatic carbocycles. The molecule has 0 saturated carbocycles. The zero-order valence-electron chi connectivity index (χ0n) is 14.0. The number of esters is 1. The van der Waals surface area contributed by atoms with E-state index in [1.165, 1.54) is 35.6 Å². The monoisotopic (exact) mass is 365 g/mol. The summed E-state index contributed by atoms with van der Waals surface area (Å²) in [4.78, 5) is 24.9. The molecule has 1 amide bonds. The number of halogens is 1. The van der Waals surface area contributed by atoms with E-state index in [9.17, 15) is 14.0 Å². The van der Waals surface area contributed by atoms with E-state index in [0.717, 1.165) is 0 Å². The molecule has 1 N–H and O–H groups in total. The number of carbonyl (C=O) groups excluding carboxylic acids is 2. The van der Waals surface area contributed by atoms with E-state index >= 15 is 0 Å². The minimum atomic E-state index is -0.736. The molecular weight excluding hydrogens is 345 g/mol. The van der Waals surface area contributed by atoms with E-state index < -0.39 is 12.0 Å². The van der Waals surface area contributed by atoms with Gasteiger partial charge in [0.25, 0.3) is 5.91 Å². The van der Waals surface area contributed by atoms with Gasteiger partial charge in [0.05, 0.1) is 4.88 Å². The van der Waals surface area contributed by atoms with E-state index in [1.54, 1.807) is 17.5 Å². The van der Waals surface area contributed by atoms with Crippen LogP contribution in [0.15, 0.2) is 41.8 Å². The van der Waals surface area contributed by atoms with Crippen molar-refractivity contribution in [3.05, 3.63) is 52.5 Å². The summed E-state index contributed by atoms with van der Waals surface area (Å²) in [5.41, 5.74) is 0. The summed E-state index contributed by atoms with van der Waals surface area (Å²) in [5, 5.41) is 4.49. The van der Waals surface area contributed by atoms with Crippen LogP contribution in [-0.2, 0) is 9.53 Å². The van der Waals surface area contributed by atoms with Gasteiger partial charge in [-0.2, -0.15) is 0 Å². The average molecular weight is 365 g/mol. The average Bonchev–Trinajstić information content (AvgIpc) is 3.12. The minimum Gasteiger partial charge on any atom is -0.490 e. The summed E-state index contributed by atoms with van der Waals surface area (Å²) in [6.45, 7) is 3.83. The van der Waals surface area contributed by atoms with Gasteiger partial charge in [0.15, 0.2) is 0 Å². The van der Waals surface area contributed by atoms with Crippen molar-refractivity contribution in [3.8, 4) is 5.75 Å². The molecule has 0 aliphatic heterocycles. The normalized spacial score (nSPS) is 11.8. The molecule has 7 heteroatoms. The number of ether oxygens (including phenoxy) is 2. The minimum absolute atomic E-state index is 0.0360. The van der Waals surface area contributed by atoms with Crippen molar-refractivity contribution in [3.63, 3.8) is 0 Å². The molecule has 1 heterocycles. The molecule has 0 fully saturated rings. The molecule has 0 saturated heterocycles. The number of carbonyl (C=O) groups is 2. The van der Waals surface area contributed by atoms with Crippen LogP contribution in [0.3, 0.4) is 0 Å². The van der Waals surface area contributed by atoms with Crippen LogP contribution in [0.4, 0.5) is 4.39 Å². The lowest BCUT2D eigenvalue weighted by Crippen LogP contribution is -2.45. The second-order valence-electron chi connectivity index (χ2n) is 5.64. The molecule has 0 unspecified atom stereocenters. The molecule has 5 nitrogen and oxygen atoms in total. The Morgan fingerprint density at radius 2 is 1.88 bits per heavy atom. The van der Waals surface area contributed by atoms with Gasteiger partial charge in [0.2, 0.25) is 0 Å². The second kappa shape index (κ2) is 9.17. The Bertz CT molecular complexity index is 686. The summed E-state index contributed by atoms with van der Waals surface area (Å²) >= 11 is 1.31. The van der Waals surface area contributed by atoms with E-state index in [2.05, 4.69) is 5.32 Å². The van der Waals surface area contributed by atoms with E-state index in [-0.39, 0.29) is 30.9 Å². The van der Waals surface area contributed by atoms with E-state index in [4.69, 9.17) is 9.47 Å². The van der Waals surface area contributed by atoms with Gasteiger partial charge < -0.3 is 14.8 Å². The van der Waals surface area contributed by atoms with Crippen molar-refractivity contribution >= 4 is 23.2 Å². The first-order valence-corrected chi connectivity index (χ1v) is 8.74. The fourth-order valence-corrected chi connectivity index (χ4v) is 2.67. The molecule has 134 valence electrons. The van der Waals surface area contributed by atoms with Gasteiger partial charge >= 0.3 is 5.97 Å². The highest BCUT2D eigenvalue weighted by Crippen LogP contribution is 2.12. The third kappa shape index (κ3) is 5.86. The molecule has 1 aromatic heterocycles. The van der Waals surface area contributed by atoms with Crippen molar-refractivity contribution in [2.75, 3.05) is 13.2 Å². The van der Waals surface area contributed by atoms with Gasteiger partial charge in [-0.1, -0.05) is 19.9 Å². The van der Waals surface area contributed by atoms with Crippen LogP contribution in [0, 0.1) is 11.7 Å². The van der Waals surface area contributed by atoms with Gasteiger partial charge in [-0.25, -0.2) is 9.18 Å². The first-order chi connectivity index (χ1) is 12.0. The predicted octanol–water partition coefficient (Wildman–Crippen LogP) is 3.26. The summed E-state index contributed by atoms with van der Waals surface area (Å²) in [5.74, 6) is -0.783. The lowest BCUT2D eigenvalue weighted by atomic mass is 10.0. The van der Waals surface area contributed by atoms with Gasteiger partial charge in [-0.15, -0.1) is 11.3 Å². The zero-order chi connectivity index (χ0) is 18.2. The summed E-state index contributed by atoms with van der Waals surface area (Å²) in [7, 11) is 0. The highest BCUT2D eigenvalue weighted by Gasteiger charge is 2.26. The number of benzene rings is 1. The van der Waals surface area contributed by atoms with Gasteiger partial charge in [-0.3, -0.25) is 4.79 Å². The molecule has 1 aromatic carbocycles. The van der Waals surface area contributed by atoms with E-state index in [0.29, 0.717) is 10.6 Å². The number of nitrogens with one attached hydrogen (secondary N) is 1. The Kier molecular flexibility index (Phi) is 6.94. The lowest BCUT2D eigenvalue weighted by molar-refractivity contribution is -0.147. The fourth-order valence-electron chi connectivity index (χ4n) is 2.04. The second-order valence-corrected chi connectivity index (χ2v) is 6.59. The Hall–Kier alpha value is -2.41. The molecule has 0 spiro atoms. The highest BCUT2D eigenvalue weighted by molar-refractivity contribution is 7.12. The maximum absolute atomic E-state index is 12.8.